The van der Waals surface area contributed by atoms with Gasteiger partial charge >= 0.3 is 0 Å². The van der Waals surface area contributed by atoms with Gasteiger partial charge in [-0.15, -0.1) is 0 Å². The molecular formula is C12H22N4. The fourth-order valence-corrected chi connectivity index (χ4v) is 1.51. The Morgan fingerprint density at radius 2 is 1.81 bits per heavy atom. The maximum Gasteiger partial charge on any atom is 0.225 e. The summed E-state index contributed by atoms with van der Waals surface area (Å²) < 4.78 is 0. The highest BCUT2D eigenvalue weighted by Crippen LogP contribution is 2.14. The molecular weight excluding hydrogens is 200 g/mol. The van der Waals surface area contributed by atoms with Crippen LogP contribution in [0.2, 0.25) is 0 Å². The number of nitrogens with two attached hydrogens (primary N) is 1. The molecule has 0 saturated carbocycles. The van der Waals surface area contributed by atoms with Gasteiger partial charge in [-0.1, -0.05) is 13.8 Å². The number of likely N-dealkylation sites (N-methyl/N-ethyl adjacent to an activating group) is 1. The van der Waals surface area contributed by atoms with E-state index >= 15 is 0 Å². The minimum Gasteiger partial charge on any atom is -0.342 e. The highest BCUT2D eigenvalue weighted by molar-refractivity contribution is 5.29. The fraction of sp³-hybridized carbons (Fsp3) is 0.667. The number of rotatable bonds is 4. The Labute approximate surface area is 97.9 Å². The van der Waals surface area contributed by atoms with E-state index in [1.807, 2.05) is 38.2 Å². The van der Waals surface area contributed by atoms with Crippen molar-refractivity contribution in [2.75, 3.05) is 18.5 Å². The minimum absolute atomic E-state index is 0.241. The summed E-state index contributed by atoms with van der Waals surface area (Å²) in [5.74, 6) is 1.19. The van der Waals surface area contributed by atoms with Crippen LogP contribution in [0.3, 0.4) is 0 Å². The molecule has 16 heavy (non-hydrogen) atoms. The zero-order valence-corrected chi connectivity index (χ0v) is 10.9. The molecule has 1 rings (SSSR count). The lowest BCUT2D eigenvalue weighted by Gasteiger charge is -2.26. The molecule has 0 fully saturated rings. The van der Waals surface area contributed by atoms with Crippen molar-refractivity contribution >= 4 is 5.95 Å². The van der Waals surface area contributed by atoms with Gasteiger partial charge in [0, 0.05) is 31.5 Å². The largest absolute Gasteiger partial charge is 0.342 e. The molecule has 0 radical (unpaired) electrons. The molecule has 0 amide bonds. The van der Waals surface area contributed by atoms with Crippen LogP contribution in [0.25, 0.3) is 0 Å². The van der Waals surface area contributed by atoms with Crippen molar-refractivity contribution in [2.45, 2.75) is 39.2 Å². The van der Waals surface area contributed by atoms with E-state index in [4.69, 9.17) is 5.73 Å². The fourth-order valence-electron chi connectivity index (χ4n) is 1.51. The Kier molecular flexibility index (Phi) is 3.86. The maximum absolute atomic E-state index is 5.95. The molecule has 0 unspecified atom stereocenters. The summed E-state index contributed by atoms with van der Waals surface area (Å²) in [4.78, 5) is 10.7. The van der Waals surface area contributed by atoms with Gasteiger partial charge in [-0.2, -0.15) is 0 Å². The third-order valence-electron chi connectivity index (χ3n) is 2.31. The molecule has 0 spiro atoms. The van der Waals surface area contributed by atoms with Gasteiger partial charge in [-0.25, -0.2) is 9.97 Å². The van der Waals surface area contributed by atoms with Crippen molar-refractivity contribution in [2.24, 2.45) is 5.73 Å². The van der Waals surface area contributed by atoms with Crippen molar-refractivity contribution in [3.8, 4) is 0 Å². The number of anilines is 1. The third kappa shape index (κ3) is 3.77. The zero-order chi connectivity index (χ0) is 12.3. The first-order chi connectivity index (χ1) is 7.29. The molecule has 0 aliphatic rings. The molecule has 1 aromatic rings. The molecule has 2 N–H and O–H groups in total. The molecule has 4 nitrogen and oxygen atoms in total. The first-order valence-corrected chi connectivity index (χ1v) is 5.61. The van der Waals surface area contributed by atoms with Gasteiger partial charge in [-0.3, -0.25) is 0 Å². The summed E-state index contributed by atoms with van der Waals surface area (Å²) in [5, 5.41) is 0. The second-order valence-corrected chi connectivity index (χ2v) is 5.32. The number of hydrogen-bond donors (Lipinski definition) is 1. The van der Waals surface area contributed by atoms with Gasteiger partial charge in [0.1, 0.15) is 0 Å². The lowest BCUT2D eigenvalue weighted by molar-refractivity contribution is 0.515. The summed E-state index contributed by atoms with van der Waals surface area (Å²) in [5.41, 5.74) is 6.87. The first-order valence-electron chi connectivity index (χ1n) is 5.61. The summed E-state index contributed by atoms with van der Waals surface area (Å²) in [6.07, 6.45) is 3.76. The molecule has 0 atom stereocenters. The van der Waals surface area contributed by atoms with E-state index in [0.29, 0.717) is 5.92 Å². The van der Waals surface area contributed by atoms with Crippen LogP contribution in [0.1, 0.15) is 39.2 Å². The van der Waals surface area contributed by atoms with Crippen LogP contribution in [0.5, 0.6) is 0 Å². The van der Waals surface area contributed by atoms with Crippen molar-refractivity contribution in [3.63, 3.8) is 0 Å². The quantitative estimate of drug-likeness (QED) is 0.843. The normalized spacial score (nSPS) is 11.9. The Balaban J connectivity index is 2.74. The molecule has 1 aromatic heterocycles. The van der Waals surface area contributed by atoms with Gasteiger partial charge in [-0.05, 0) is 25.3 Å². The predicted octanol–water partition coefficient (Wildman–Crippen LogP) is 1.77. The SMILES string of the molecule is CC(C)c1cnc(N(C)CC(C)(C)N)nc1. The van der Waals surface area contributed by atoms with E-state index in [2.05, 4.69) is 23.8 Å². The second kappa shape index (κ2) is 4.78. The highest BCUT2D eigenvalue weighted by atomic mass is 15.2. The lowest BCUT2D eigenvalue weighted by Crippen LogP contribution is -2.44. The summed E-state index contributed by atoms with van der Waals surface area (Å²) >= 11 is 0. The Hall–Kier alpha value is -1.16. The van der Waals surface area contributed by atoms with Crippen LogP contribution in [0, 0.1) is 0 Å². The Morgan fingerprint density at radius 3 is 2.19 bits per heavy atom. The van der Waals surface area contributed by atoms with Crippen LogP contribution in [0.15, 0.2) is 12.4 Å². The van der Waals surface area contributed by atoms with Crippen LogP contribution < -0.4 is 10.6 Å². The number of nitrogens with zero attached hydrogens (tertiary/aromatic N) is 3. The molecule has 0 aromatic carbocycles. The lowest BCUT2D eigenvalue weighted by atomic mass is 10.1. The average molecular weight is 222 g/mol. The van der Waals surface area contributed by atoms with E-state index in [-0.39, 0.29) is 5.54 Å². The average Bonchev–Trinajstić information content (AvgIpc) is 2.15. The standard InChI is InChI=1S/C12H22N4/c1-9(2)10-6-14-11(15-7-10)16(5)8-12(3,4)13/h6-7,9H,8,13H2,1-5H3. The minimum atomic E-state index is -0.241. The molecule has 0 aliphatic carbocycles. The molecule has 0 bridgehead atoms. The molecule has 0 aliphatic heterocycles. The summed E-state index contributed by atoms with van der Waals surface area (Å²) in [7, 11) is 1.96. The van der Waals surface area contributed by atoms with E-state index in [1.54, 1.807) is 0 Å². The molecule has 0 saturated heterocycles. The van der Waals surface area contributed by atoms with Crippen LogP contribution in [-0.4, -0.2) is 29.1 Å². The van der Waals surface area contributed by atoms with Crippen molar-refractivity contribution < 1.29 is 0 Å². The van der Waals surface area contributed by atoms with E-state index in [1.165, 1.54) is 0 Å². The van der Waals surface area contributed by atoms with E-state index in [9.17, 15) is 0 Å². The second-order valence-electron chi connectivity index (χ2n) is 5.32. The van der Waals surface area contributed by atoms with Crippen LogP contribution in [0.4, 0.5) is 5.95 Å². The maximum atomic E-state index is 5.95. The van der Waals surface area contributed by atoms with Crippen molar-refractivity contribution in [1.82, 2.24) is 9.97 Å². The zero-order valence-electron chi connectivity index (χ0n) is 10.9. The van der Waals surface area contributed by atoms with Crippen LogP contribution >= 0.6 is 0 Å². The highest BCUT2D eigenvalue weighted by Gasteiger charge is 2.15. The molecule has 4 heteroatoms. The summed E-state index contributed by atoms with van der Waals surface area (Å²) in [6.45, 7) is 8.97. The molecule has 1 heterocycles. The van der Waals surface area contributed by atoms with Crippen LogP contribution in [-0.2, 0) is 0 Å². The smallest absolute Gasteiger partial charge is 0.225 e. The Bertz CT molecular complexity index is 324. The summed E-state index contributed by atoms with van der Waals surface area (Å²) in [6, 6.07) is 0. The van der Waals surface area contributed by atoms with Crippen molar-refractivity contribution in [1.29, 1.82) is 0 Å². The van der Waals surface area contributed by atoms with Gasteiger partial charge in [0.25, 0.3) is 0 Å². The predicted molar refractivity (Wildman–Crippen MR) is 67.7 cm³/mol. The topological polar surface area (TPSA) is 55.0 Å². The monoisotopic (exact) mass is 222 g/mol. The third-order valence-corrected chi connectivity index (χ3v) is 2.31. The van der Waals surface area contributed by atoms with Crippen molar-refractivity contribution in [3.05, 3.63) is 18.0 Å². The number of hydrogen-bond acceptors (Lipinski definition) is 4. The van der Waals surface area contributed by atoms with E-state index < -0.39 is 0 Å². The van der Waals surface area contributed by atoms with Gasteiger partial charge < -0.3 is 10.6 Å². The molecule has 90 valence electrons. The van der Waals surface area contributed by atoms with E-state index in [0.717, 1.165) is 18.1 Å². The van der Waals surface area contributed by atoms with Gasteiger partial charge in [0.05, 0.1) is 0 Å². The number of aromatic nitrogens is 2. The first kappa shape index (κ1) is 12.9. The van der Waals surface area contributed by atoms with Gasteiger partial charge in [0.2, 0.25) is 5.95 Å². The Morgan fingerprint density at radius 1 is 1.31 bits per heavy atom. The van der Waals surface area contributed by atoms with Gasteiger partial charge in [0.15, 0.2) is 0 Å².